The Hall–Kier alpha value is -6.22. The van der Waals surface area contributed by atoms with Crippen LogP contribution in [0.2, 0.25) is 5.02 Å². The fourth-order valence-electron chi connectivity index (χ4n) is 9.69. The lowest BCUT2D eigenvalue weighted by Gasteiger charge is -2.39. The molecule has 0 bridgehead atoms. The lowest BCUT2D eigenvalue weighted by atomic mass is 9.87. The number of ether oxygens (including phenoxy) is 3. The fraction of sp³-hybridized carbons (Fsp3) is 0.500. The van der Waals surface area contributed by atoms with Gasteiger partial charge in [-0.15, -0.1) is 0 Å². The van der Waals surface area contributed by atoms with Crippen LogP contribution in [-0.2, 0) is 35.1 Å². The fourth-order valence-corrected chi connectivity index (χ4v) is 9.82. The number of anilines is 2. The van der Waals surface area contributed by atoms with Crippen molar-refractivity contribution in [1.29, 1.82) is 0 Å². The smallest absolute Gasteiger partial charge is 0.240 e. The zero-order valence-electron chi connectivity index (χ0n) is 42.7. The number of aryl methyl sites for hydroxylation is 1. The van der Waals surface area contributed by atoms with Gasteiger partial charge in [-0.25, -0.2) is 15.0 Å². The molecule has 3 aliphatic heterocycles. The molecule has 19 nitrogen and oxygen atoms in total. The van der Waals surface area contributed by atoms with Gasteiger partial charge in [-0.2, -0.15) is 0 Å². The molecule has 4 amide bonds. The zero-order valence-corrected chi connectivity index (χ0v) is 43.4. The highest BCUT2D eigenvalue weighted by Crippen LogP contribution is 2.31. The summed E-state index contributed by atoms with van der Waals surface area (Å²) >= 11 is 6.25. The van der Waals surface area contributed by atoms with E-state index < -0.39 is 5.54 Å². The van der Waals surface area contributed by atoms with Gasteiger partial charge in [-0.05, 0) is 85.5 Å². The lowest BCUT2D eigenvalue weighted by Crippen LogP contribution is -2.60. The van der Waals surface area contributed by atoms with Gasteiger partial charge in [0.05, 0.1) is 56.4 Å². The van der Waals surface area contributed by atoms with Crippen LogP contribution in [-0.4, -0.2) is 169 Å². The third-order valence-electron chi connectivity index (χ3n) is 14.3. The first-order valence-corrected chi connectivity index (χ1v) is 26.3. The summed E-state index contributed by atoms with van der Waals surface area (Å²) in [4.78, 5) is 77.0. The number of carbonyl (C=O) groups is 4. The van der Waals surface area contributed by atoms with E-state index in [1.165, 1.54) is 5.56 Å². The van der Waals surface area contributed by atoms with Gasteiger partial charge in [0.25, 0.3) is 0 Å². The molecule has 3 fully saturated rings. The molecule has 0 spiro atoms. The molecule has 0 saturated carbocycles. The summed E-state index contributed by atoms with van der Waals surface area (Å²) in [6, 6.07) is 19.3. The van der Waals surface area contributed by atoms with Crippen molar-refractivity contribution >= 4 is 57.8 Å². The molecule has 0 aliphatic carbocycles. The zero-order chi connectivity index (χ0) is 51.9. The van der Waals surface area contributed by atoms with Crippen LogP contribution in [0.3, 0.4) is 0 Å². The molecule has 8 rings (SSSR count). The largest absolute Gasteiger partial charge is 0.474 e. The molecule has 1 unspecified atom stereocenters. The number of aromatic nitrogens is 4. The number of amides is 4. The van der Waals surface area contributed by atoms with Crippen molar-refractivity contribution in [1.82, 2.24) is 45.3 Å². The first-order chi connectivity index (χ1) is 35.9. The van der Waals surface area contributed by atoms with Gasteiger partial charge in [-0.1, -0.05) is 54.9 Å². The Labute approximate surface area is 438 Å². The number of hydrogen-bond acceptors (Lipinski definition) is 14. The highest BCUT2D eigenvalue weighted by Gasteiger charge is 2.39. The van der Waals surface area contributed by atoms with E-state index in [4.69, 9.17) is 31.5 Å². The lowest BCUT2D eigenvalue weighted by molar-refractivity contribution is -0.134. The minimum atomic E-state index is -1.03. The van der Waals surface area contributed by atoms with E-state index in [9.17, 15) is 19.2 Å². The van der Waals surface area contributed by atoms with Crippen LogP contribution in [0.5, 0.6) is 5.88 Å². The van der Waals surface area contributed by atoms with Crippen molar-refractivity contribution in [2.24, 2.45) is 11.7 Å². The molecule has 20 heteroatoms. The molecule has 396 valence electrons. The maximum atomic E-state index is 13.9. The normalized spacial score (nSPS) is 17.6. The van der Waals surface area contributed by atoms with E-state index >= 15 is 0 Å². The van der Waals surface area contributed by atoms with Gasteiger partial charge < -0.3 is 55.6 Å². The Morgan fingerprint density at radius 3 is 2.45 bits per heavy atom. The van der Waals surface area contributed by atoms with Crippen LogP contribution >= 0.6 is 11.6 Å². The van der Waals surface area contributed by atoms with Crippen molar-refractivity contribution in [2.75, 3.05) is 116 Å². The van der Waals surface area contributed by atoms with Gasteiger partial charge in [0.1, 0.15) is 30.1 Å². The number of piperazine rings is 1. The Balaban J connectivity index is 0.720. The number of pyridine rings is 1. The molecule has 3 aromatic heterocycles. The van der Waals surface area contributed by atoms with Crippen molar-refractivity contribution in [3.05, 3.63) is 95.5 Å². The number of hydrogen-bond donors (Lipinski definition) is 5. The maximum Gasteiger partial charge on any atom is 0.240 e. The standard InChI is InChI=1S/C54H71ClN12O7/c1-3-38-5-4-6-41(31-38)42-33-46(62-47(68)36-57-34-39-12-18-64(2)49(70)32-39)52(59-35-42)74-30-29-73-28-27-72-26-14-48(69)66-24-22-65(23-25-66)19-13-45(40-7-9-43(55)10-8-40)63-53(71)54(56)15-20-67(21-16-54)51-44-11-17-58-50(44)60-37-61-51/h4-11,17,31,33,35,37,39,45,57H,3,12-16,18-30,32,34,36,56H2,1-2H3,(H,62,68)(H,63,71)(H,58,60,61)/t39?,45-/m0/s1. The van der Waals surface area contributed by atoms with E-state index in [0.717, 1.165) is 72.6 Å². The molecule has 0 radical (unpaired) electrons. The minimum absolute atomic E-state index is 0.0470. The summed E-state index contributed by atoms with van der Waals surface area (Å²) in [6.07, 6.45) is 9.30. The number of likely N-dealkylation sites (tertiary alicyclic amines) is 1. The molecule has 2 atom stereocenters. The van der Waals surface area contributed by atoms with Crippen molar-refractivity contribution in [3.8, 4) is 17.0 Å². The second-order valence-electron chi connectivity index (χ2n) is 19.5. The Morgan fingerprint density at radius 2 is 1.68 bits per heavy atom. The molecular formula is C54H71ClN12O7. The first kappa shape index (κ1) is 54.1. The van der Waals surface area contributed by atoms with E-state index in [1.54, 1.807) is 17.4 Å². The number of nitrogens with two attached hydrogens (primary N) is 1. The summed E-state index contributed by atoms with van der Waals surface area (Å²) in [7, 11) is 1.82. The van der Waals surface area contributed by atoms with Crippen LogP contribution in [0.4, 0.5) is 11.5 Å². The predicted molar refractivity (Wildman–Crippen MR) is 285 cm³/mol. The number of fused-ring (bicyclic) bond motifs is 1. The number of nitrogens with one attached hydrogen (secondary N) is 4. The highest BCUT2D eigenvalue weighted by atomic mass is 35.5. The van der Waals surface area contributed by atoms with Crippen LogP contribution in [0.15, 0.2) is 79.4 Å². The SMILES string of the molecule is CCc1cccc(-c2cnc(OCCOCCOCCC(=O)N3CCN(CC[C@H](NC(=O)C4(N)CCN(c5ncnc6[nH]ccc56)CC4)c4ccc(Cl)cc4)CC3)c(NC(=O)CNCC3CCN(C)C(=O)C3)c2)c1. The van der Waals surface area contributed by atoms with Crippen LogP contribution in [0.1, 0.15) is 62.6 Å². The molecule has 3 aliphatic rings. The van der Waals surface area contributed by atoms with Crippen molar-refractivity contribution in [2.45, 2.75) is 63.5 Å². The van der Waals surface area contributed by atoms with Gasteiger partial charge >= 0.3 is 0 Å². The van der Waals surface area contributed by atoms with Crippen molar-refractivity contribution < 1.29 is 33.4 Å². The molecule has 6 heterocycles. The third-order valence-corrected chi connectivity index (χ3v) is 14.6. The van der Waals surface area contributed by atoms with Gasteiger partial charge in [0.2, 0.25) is 29.5 Å². The van der Waals surface area contributed by atoms with Gasteiger partial charge in [0.15, 0.2) is 0 Å². The summed E-state index contributed by atoms with van der Waals surface area (Å²) in [6.45, 7) is 9.44. The second kappa shape index (κ2) is 26.3. The maximum absolute atomic E-state index is 13.9. The number of piperidine rings is 2. The third kappa shape index (κ3) is 14.8. The van der Waals surface area contributed by atoms with Crippen LogP contribution in [0, 0.1) is 5.92 Å². The second-order valence-corrected chi connectivity index (χ2v) is 19.9. The van der Waals surface area contributed by atoms with Gasteiger partial charge in [-0.3, -0.25) is 24.1 Å². The molecule has 6 N–H and O–H groups in total. The van der Waals surface area contributed by atoms with Gasteiger partial charge in [0, 0.05) is 88.8 Å². The number of rotatable bonds is 24. The molecule has 74 heavy (non-hydrogen) atoms. The summed E-state index contributed by atoms with van der Waals surface area (Å²) < 4.78 is 17.5. The number of aromatic amines is 1. The van der Waals surface area contributed by atoms with E-state index in [0.29, 0.717) is 82.3 Å². The molecule has 2 aromatic carbocycles. The monoisotopic (exact) mass is 1030 g/mol. The molecular weight excluding hydrogens is 964 g/mol. The van der Waals surface area contributed by atoms with Crippen LogP contribution in [0.25, 0.3) is 22.2 Å². The Bertz CT molecular complexity index is 2660. The molecule has 3 saturated heterocycles. The predicted octanol–water partition coefficient (Wildman–Crippen LogP) is 4.82. The first-order valence-electron chi connectivity index (χ1n) is 26.0. The number of halogens is 1. The summed E-state index contributed by atoms with van der Waals surface area (Å²) in [5, 5.41) is 11.0. The quantitative estimate of drug-likeness (QED) is 0.0523. The number of H-pyrrole nitrogens is 1. The van der Waals surface area contributed by atoms with Crippen molar-refractivity contribution in [3.63, 3.8) is 0 Å². The highest BCUT2D eigenvalue weighted by molar-refractivity contribution is 6.30. The average molecular weight is 1040 g/mol. The Morgan fingerprint density at radius 1 is 0.905 bits per heavy atom. The number of nitrogens with zero attached hydrogens (tertiary/aromatic N) is 7. The minimum Gasteiger partial charge on any atom is -0.474 e. The summed E-state index contributed by atoms with van der Waals surface area (Å²) in [5.41, 5.74) is 11.0. The van der Waals surface area contributed by atoms with E-state index in [1.807, 2.05) is 66.7 Å². The molecule has 5 aromatic rings. The topological polar surface area (TPSA) is 225 Å². The van der Waals surface area contributed by atoms with E-state index in [-0.39, 0.29) is 74.3 Å². The van der Waals surface area contributed by atoms with E-state index in [2.05, 4.69) is 64.7 Å². The summed E-state index contributed by atoms with van der Waals surface area (Å²) in [5.74, 6) is 1.08. The van der Waals surface area contributed by atoms with Crippen LogP contribution < -0.4 is 31.3 Å². The number of carbonyl (C=O) groups excluding carboxylic acids is 4. The average Bonchev–Trinajstić information content (AvgIpc) is 3.91. The number of benzene rings is 2. The Kier molecular flexibility index (Phi) is 19.2.